The van der Waals surface area contributed by atoms with Crippen molar-refractivity contribution in [2.45, 2.75) is 31.7 Å². The number of aryl methyl sites for hydroxylation is 2. The van der Waals surface area contributed by atoms with E-state index in [2.05, 4.69) is 5.32 Å². The fourth-order valence-corrected chi connectivity index (χ4v) is 5.46. The fraction of sp³-hybridized carbons (Fsp3) is 0.269. The van der Waals surface area contributed by atoms with Gasteiger partial charge < -0.3 is 14.8 Å². The van der Waals surface area contributed by atoms with Crippen molar-refractivity contribution in [3.05, 3.63) is 82.4 Å². The van der Waals surface area contributed by atoms with Gasteiger partial charge in [0.1, 0.15) is 19.8 Å². The number of ether oxygens (including phenoxy) is 2. The molecular formula is C26H27ClN2O5S. The highest BCUT2D eigenvalue weighted by molar-refractivity contribution is 7.92. The minimum atomic E-state index is -4.04. The first-order chi connectivity index (χ1) is 16.6. The molecule has 0 aromatic heterocycles. The van der Waals surface area contributed by atoms with E-state index < -0.39 is 22.5 Å². The van der Waals surface area contributed by atoms with Crippen LogP contribution >= 0.6 is 11.6 Å². The van der Waals surface area contributed by atoms with E-state index in [4.69, 9.17) is 21.1 Å². The molecule has 1 atom stereocenters. The average molecular weight is 515 g/mol. The Labute approximate surface area is 210 Å². The second-order valence-corrected chi connectivity index (χ2v) is 10.7. The summed E-state index contributed by atoms with van der Waals surface area (Å²) in [5.41, 5.74) is 2.77. The third-order valence-corrected chi connectivity index (χ3v) is 7.79. The lowest BCUT2D eigenvalue weighted by molar-refractivity contribution is -0.120. The van der Waals surface area contributed by atoms with Gasteiger partial charge in [0.05, 0.1) is 16.6 Å². The topological polar surface area (TPSA) is 84.9 Å². The highest BCUT2D eigenvalue weighted by Gasteiger charge is 2.29. The van der Waals surface area contributed by atoms with E-state index >= 15 is 0 Å². The van der Waals surface area contributed by atoms with Crippen molar-refractivity contribution in [3.63, 3.8) is 0 Å². The molecule has 1 aliphatic rings. The number of benzene rings is 3. The minimum Gasteiger partial charge on any atom is -0.486 e. The summed E-state index contributed by atoms with van der Waals surface area (Å²) in [6, 6.07) is 16.6. The highest BCUT2D eigenvalue weighted by atomic mass is 35.5. The number of nitrogens with one attached hydrogen (secondary N) is 1. The Morgan fingerprint density at radius 1 is 1.00 bits per heavy atom. The van der Waals surface area contributed by atoms with E-state index in [-0.39, 0.29) is 10.9 Å². The maximum Gasteiger partial charge on any atom is 0.264 e. The van der Waals surface area contributed by atoms with E-state index in [0.717, 1.165) is 15.4 Å². The van der Waals surface area contributed by atoms with Crippen LogP contribution in [0, 0.1) is 13.8 Å². The van der Waals surface area contributed by atoms with Crippen LogP contribution in [0.1, 0.15) is 29.7 Å². The SMILES string of the molecule is Cc1ccc(S(=O)(=O)N(CC(=O)N[C@H](C)c2ccc3c(c2)OCCO3)c2cc(Cl)ccc2C)cc1. The van der Waals surface area contributed by atoms with Crippen molar-refractivity contribution < 1.29 is 22.7 Å². The van der Waals surface area contributed by atoms with Gasteiger partial charge in [0.2, 0.25) is 5.91 Å². The number of hydrogen-bond donors (Lipinski definition) is 1. The maximum absolute atomic E-state index is 13.6. The molecule has 0 spiro atoms. The second kappa shape index (κ2) is 10.2. The molecule has 1 heterocycles. The highest BCUT2D eigenvalue weighted by Crippen LogP contribution is 2.33. The van der Waals surface area contributed by atoms with Crippen LogP contribution < -0.4 is 19.1 Å². The predicted molar refractivity (Wildman–Crippen MR) is 136 cm³/mol. The normalized spacial score (nSPS) is 13.7. The molecule has 0 aliphatic carbocycles. The van der Waals surface area contributed by atoms with Crippen LogP contribution in [-0.2, 0) is 14.8 Å². The molecule has 0 radical (unpaired) electrons. The maximum atomic E-state index is 13.6. The lowest BCUT2D eigenvalue weighted by atomic mass is 10.1. The van der Waals surface area contributed by atoms with E-state index in [1.54, 1.807) is 43.3 Å². The van der Waals surface area contributed by atoms with Crippen LogP contribution in [0.3, 0.4) is 0 Å². The van der Waals surface area contributed by atoms with E-state index in [9.17, 15) is 13.2 Å². The molecule has 3 aromatic carbocycles. The second-order valence-electron chi connectivity index (χ2n) is 8.45. The summed E-state index contributed by atoms with van der Waals surface area (Å²) < 4.78 is 39.5. The molecule has 0 saturated heterocycles. The molecule has 3 aromatic rings. The number of hydrogen-bond acceptors (Lipinski definition) is 5. The number of amides is 1. The van der Waals surface area contributed by atoms with Gasteiger partial charge >= 0.3 is 0 Å². The zero-order valence-electron chi connectivity index (χ0n) is 19.7. The number of halogens is 1. The summed E-state index contributed by atoms with van der Waals surface area (Å²) in [6.07, 6.45) is 0. The minimum absolute atomic E-state index is 0.0927. The summed E-state index contributed by atoms with van der Waals surface area (Å²) in [4.78, 5) is 13.2. The van der Waals surface area contributed by atoms with Crippen LogP contribution in [0.2, 0.25) is 5.02 Å². The van der Waals surface area contributed by atoms with E-state index in [0.29, 0.717) is 41.0 Å². The summed E-state index contributed by atoms with van der Waals surface area (Å²) >= 11 is 6.19. The van der Waals surface area contributed by atoms with Gasteiger partial charge in [0.15, 0.2) is 11.5 Å². The number of sulfonamides is 1. The molecule has 0 bridgehead atoms. The monoisotopic (exact) mass is 514 g/mol. The molecule has 1 aliphatic heterocycles. The first-order valence-electron chi connectivity index (χ1n) is 11.2. The molecule has 0 fully saturated rings. The molecule has 9 heteroatoms. The first-order valence-corrected chi connectivity index (χ1v) is 13.0. The number of carbonyl (C=O) groups excluding carboxylic acids is 1. The summed E-state index contributed by atoms with van der Waals surface area (Å²) in [5.74, 6) is 0.820. The largest absolute Gasteiger partial charge is 0.486 e. The number of anilines is 1. The Balaban J connectivity index is 1.61. The molecule has 4 rings (SSSR count). The first kappa shape index (κ1) is 24.9. The van der Waals surface area contributed by atoms with Gasteiger partial charge in [-0.1, -0.05) is 41.4 Å². The lowest BCUT2D eigenvalue weighted by Gasteiger charge is -2.27. The van der Waals surface area contributed by atoms with Gasteiger partial charge in [-0.15, -0.1) is 0 Å². The molecule has 184 valence electrons. The molecule has 1 amide bonds. The van der Waals surface area contributed by atoms with Gasteiger partial charge in [-0.2, -0.15) is 0 Å². The van der Waals surface area contributed by atoms with Gasteiger partial charge in [-0.05, 0) is 68.3 Å². The van der Waals surface area contributed by atoms with Gasteiger partial charge in [-0.25, -0.2) is 8.42 Å². The molecule has 0 saturated carbocycles. The van der Waals surface area contributed by atoms with Crippen LogP contribution in [-0.4, -0.2) is 34.1 Å². The van der Waals surface area contributed by atoms with Crippen molar-refractivity contribution >= 4 is 33.2 Å². The van der Waals surface area contributed by atoms with E-state index in [1.807, 2.05) is 26.0 Å². The molecule has 0 unspecified atom stereocenters. The van der Waals surface area contributed by atoms with Crippen molar-refractivity contribution in [3.8, 4) is 11.5 Å². The fourth-order valence-electron chi connectivity index (χ4n) is 3.82. The number of fused-ring (bicyclic) bond motifs is 1. The third-order valence-electron chi connectivity index (χ3n) is 5.78. The third kappa shape index (κ3) is 5.55. The van der Waals surface area contributed by atoms with Crippen molar-refractivity contribution in [2.24, 2.45) is 0 Å². The van der Waals surface area contributed by atoms with Crippen LogP contribution in [0.25, 0.3) is 0 Å². The predicted octanol–water partition coefficient (Wildman–Crippen LogP) is 4.80. The molecule has 35 heavy (non-hydrogen) atoms. The summed E-state index contributed by atoms with van der Waals surface area (Å²) in [7, 11) is -4.04. The van der Waals surface area contributed by atoms with Crippen LogP contribution in [0.5, 0.6) is 11.5 Å². The van der Waals surface area contributed by atoms with Crippen LogP contribution in [0.4, 0.5) is 5.69 Å². The molecule has 1 N–H and O–H groups in total. The lowest BCUT2D eigenvalue weighted by Crippen LogP contribution is -2.42. The number of rotatable bonds is 7. The van der Waals surface area contributed by atoms with Gasteiger partial charge in [0, 0.05) is 5.02 Å². The smallest absolute Gasteiger partial charge is 0.264 e. The van der Waals surface area contributed by atoms with Crippen molar-refractivity contribution in [1.29, 1.82) is 0 Å². The molecular weight excluding hydrogens is 488 g/mol. The standard InChI is InChI=1S/C26H27ClN2O5S/c1-17-4-9-22(10-5-17)35(31,32)29(23-15-21(27)8-6-18(23)2)16-26(30)28-19(3)20-7-11-24-25(14-20)34-13-12-33-24/h4-11,14-15,19H,12-13,16H2,1-3H3,(H,28,30)/t19-/m1/s1. The Kier molecular flexibility index (Phi) is 7.23. The number of carbonyl (C=O) groups is 1. The van der Waals surface area contributed by atoms with Crippen molar-refractivity contribution in [2.75, 3.05) is 24.1 Å². The van der Waals surface area contributed by atoms with E-state index in [1.165, 1.54) is 12.1 Å². The van der Waals surface area contributed by atoms with Crippen LogP contribution in [0.15, 0.2) is 65.6 Å². The molecule has 7 nitrogen and oxygen atoms in total. The van der Waals surface area contributed by atoms with Crippen molar-refractivity contribution in [1.82, 2.24) is 5.32 Å². The Morgan fingerprint density at radius 2 is 1.69 bits per heavy atom. The zero-order valence-corrected chi connectivity index (χ0v) is 21.3. The Morgan fingerprint density at radius 3 is 2.40 bits per heavy atom. The number of nitrogens with zero attached hydrogens (tertiary/aromatic N) is 1. The Hall–Kier alpha value is -3.23. The average Bonchev–Trinajstić information content (AvgIpc) is 2.84. The quantitative estimate of drug-likeness (QED) is 0.489. The Bertz CT molecular complexity index is 1340. The zero-order chi connectivity index (χ0) is 25.2. The summed E-state index contributed by atoms with van der Waals surface area (Å²) in [5, 5.41) is 3.27. The summed E-state index contributed by atoms with van der Waals surface area (Å²) in [6.45, 7) is 6.02. The van der Waals surface area contributed by atoms with Gasteiger partial charge in [-0.3, -0.25) is 9.10 Å². The van der Waals surface area contributed by atoms with Gasteiger partial charge in [0.25, 0.3) is 10.0 Å².